The van der Waals surface area contributed by atoms with Gasteiger partial charge in [0.25, 0.3) is 0 Å². The molecule has 3 heteroatoms. The molecule has 0 spiro atoms. The van der Waals surface area contributed by atoms with Crippen molar-refractivity contribution in [2.45, 2.75) is 96.3 Å². The van der Waals surface area contributed by atoms with Crippen molar-refractivity contribution < 1.29 is 9.59 Å². The number of carbonyl (C=O) groups is 2. The normalized spacial score (nSPS) is 22.9. The summed E-state index contributed by atoms with van der Waals surface area (Å²) in [6, 6.07) is 9.12. The number of rotatable bonds is 9. The molecule has 0 saturated heterocycles. The minimum Gasteiger partial charge on any atom is -0.356 e. The van der Waals surface area contributed by atoms with Crippen LogP contribution in [0.25, 0.3) is 0 Å². The van der Waals surface area contributed by atoms with Crippen LogP contribution < -0.4 is 5.32 Å². The van der Waals surface area contributed by atoms with Crippen molar-refractivity contribution in [3.63, 3.8) is 0 Å². The van der Waals surface area contributed by atoms with Crippen molar-refractivity contribution in [3.8, 4) is 0 Å². The van der Waals surface area contributed by atoms with Crippen molar-refractivity contribution in [1.29, 1.82) is 0 Å². The maximum absolute atomic E-state index is 12.3. The molecule has 0 radical (unpaired) electrons. The summed E-state index contributed by atoms with van der Waals surface area (Å²) < 4.78 is 0. The standard InChI is InChI=1S/C26H39NO2/c1-2-20-14-16-22(17-15-20)24-11-6-8-21(18-24)19-27-26(29)13-7-12-25(28)23-9-4-3-5-10-23/h14-17,21,23-24H,2-13,18-19H2,1H3,(H,27,29). The van der Waals surface area contributed by atoms with Gasteiger partial charge in [0.1, 0.15) is 5.78 Å². The highest BCUT2D eigenvalue weighted by Gasteiger charge is 2.24. The molecule has 1 aromatic carbocycles. The smallest absolute Gasteiger partial charge is 0.220 e. The third kappa shape index (κ3) is 6.97. The van der Waals surface area contributed by atoms with Gasteiger partial charge >= 0.3 is 0 Å². The molecule has 160 valence electrons. The van der Waals surface area contributed by atoms with Gasteiger partial charge in [0, 0.05) is 25.3 Å². The van der Waals surface area contributed by atoms with Crippen LogP contribution in [0.3, 0.4) is 0 Å². The zero-order valence-corrected chi connectivity index (χ0v) is 18.3. The maximum Gasteiger partial charge on any atom is 0.220 e. The second kappa shape index (κ2) is 11.5. The van der Waals surface area contributed by atoms with E-state index in [9.17, 15) is 9.59 Å². The van der Waals surface area contributed by atoms with Crippen molar-refractivity contribution in [2.75, 3.05) is 6.54 Å². The predicted octanol–water partition coefficient (Wildman–Crippen LogP) is 5.96. The second-order valence-electron chi connectivity index (χ2n) is 9.28. The number of carbonyl (C=O) groups excluding carboxylic acids is 2. The topological polar surface area (TPSA) is 46.2 Å². The molecule has 1 N–H and O–H groups in total. The minimum atomic E-state index is 0.121. The van der Waals surface area contributed by atoms with Gasteiger partial charge in [-0.25, -0.2) is 0 Å². The molecule has 0 aliphatic heterocycles. The first-order valence-electron chi connectivity index (χ1n) is 12.0. The third-order valence-electron chi connectivity index (χ3n) is 7.12. The number of ketones is 1. The molecule has 0 aromatic heterocycles. The predicted molar refractivity (Wildman–Crippen MR) is 119 cm³/mol. The van der Waals surface area contributed by atoms with Crippen LogP contribution in [-0.2, 0) is 16.0 Å². The van der Waals surface area contributed by atoms with Gasteiger partial charge in [-0.1, -0.05) is 56.9 Å². The van der Waals surface area contributed by atoms with Crippen LogP contribution in [0.4, 0.5) is 0 Å². The molecule has 1 aromatic rings. The summed E-state index contributed by atoms with van der Waals surface area (Å²) in [5, 5.41) is 3.15. The van der Waals surface area contributed by atoms with Gasteiger partial charge in [-0.15, -0.1) is 0 Å². The summed E-state index contributed by atoms with van der Waals surface area (Å²) >= 11 is 0. The molecule has 0 bridgehead atoms. The Balaban J connectivity index is 1.34. The van der Waals surface area contributed by atoms with Crippen LogP contribution in [0.1, 0.15) is 101 Å². The molecule has 2 fully saturated rings. The summed E-state index contributed by atoms with van der Waals surface area (Å²) in [5.41, 5.74) is 2.86. The van der Waals surface area contributed by atoms with E-state index in [0.29, 0.717) is 36.9 Å². The van der Waals surface area contributed by atoms with E-state index in [0.717, 1.165) is 25.8 Å². The van der Waals surface area contributed by atoms with Crippen molar-refractivity contribution in [1.82, 2.24) is 5.32 Å². The molecule has 2 atom stereocenters. The van der Waals surface area contributed by atoms with Gasteiger partial charge in [0.15, 0.2) is 0 Å². The number of aryl methyl sites for hydroxylation is 1. The lowest BCUT2D eigenvalue weighted by Crippen LogP contribution is -2.31. The SMILES string of the molecule is CCc1ccc(C2CCCC(CNC(=O)CCCC(=O)C3CCCCC3)C2)cc1. The van der Waals surface area contributed by atoms with Crippen LogP contribution in [0.5, 0.6) is 0 Å². The third-order valence-corrected chi connectivity index (χ3v) is 7.12. The Kier molecular flexibility index (Phi) is 8.76. The van der Waals surface area contributed by atoms with Crippen LogP contribution in [-0.4, -0.2) is 18.2 Å². The Hall–Kier alpha value is -1.64. The first-order valence-corrected chi connectivity index (χ1v) is 12.0. The number of hydrogen-bond acceptors (Lipinski definition) is 2. The van der Waals surface area contributed by atoms with Gasteiger partial charge in [-0.2, -0.15) is 0 Å². The Morgan fingerprint density at radius 1 is 0.931 bits per heavy atom. The first kappa shape index (κ1) is 22.1. The minimum absolute atomic E-state index is 0.121. The highest BCUT2D eigenvalue weighted by atomic mass is 16.1. The van der Waals surface area contributed by atoms with E-state index in [4.69, 9.17) is 0 Å². The number of benzene rings is 1. The Labute approximate surface area is 177 Å². The van der Waals surface area contributed by atoms with Crippen LogP contribution in [0.2, 0.25) is 0 Å². The van der Waals surface area contributed by atoms with Crippen molar-refractivity contribution in [3.05, 3.63) is 35.4 Å². The van der Waals surface area contributed by atoms with E-state index in [1.165, 1.54) is 56.1 Å². The maximum atomic E-state index is 12.3. The lowest BCUT2D eigenvalue weighted by Gasteiger charge is -2.29. The summed E-state index contributed by atoms with van der Waals surface area (Å²) in [7, 11) is 0. The van der Waals surface area contributed by atoms with E-state index < -0.39 is 0 Å². The van der Waals surface area contributed by atoms with Gasteiger partial charge in [-0.3, -0.25) is 9.59 Å². The van der Waals surface area contributed by atoms with E-state index in [2.05, 4.69) is 36.5 Å². The van der Waals surface area contributed by atoms with Gasteiger partial charge in [-0.05, 0) is 67.9 Å². The zero-order chi connectivity index (χ0) is 20.5. The zero-order valence-electron chi connectivity index (χ0n) is 18.3. The van der Waals surface area contributed by atoms with Gasteiger partial charge in [0.2, 0.25) is 5.91 Å². The van der Waals surface area contributed by atoms with Crippen LogP contribution in [0, 0.1) is 11.8 Å². The largest absolute Gasteiger partial charge is 0.356 e. The quantitative estimate of drug-likeness (QED) is 0.559. The van der Waals surface area contributed by atoms with E-state index >= 15 is 0 Å². The highest BCUT2D eigenvalue weighted by molar-refractivity contribution is 5.82. The van der Waals surface area contributed by atoms with E-state index in [-0.39, 0.29) is 11.8 Å². The average molecular weight is 398 g/mol. The highest BCUT2D eigenvalue weighted by Crippen LogP contribution is 2.36. The summed E-state index contributed by atoms with van der Waals surface area (Å²) in [6.45, 7) is 2.99. The van der Waals surface area contributed by atoms with Crippen LogP contribution >= 0.6 is 0 Å². The number of nitrogens with one attached hydrogen (secondary N) is 1. The molecule has 2 aliphatic rings. The van der Waals surface area contributed by atoms with Gasteiger partial charge < -0.3 is 5.32 Å². The number of Topliss-reactive ketones (excluding diaryl/α,β-unsaturated/α-hetero) is 1. The van der Waals surface area contributed by atoms with Crippen molar-refractivity contribution >= 4 is 11.7 Å². The monoisotopic (exact) mass is 397 g/mol. The van der Waals surface area contributed by atoms with Gasteiger partial charge in [0.05, 0.1) is 0 Å². The number of hydrogen-bond donors (Lipinski definition) is 1. The second-order valence-corrected chi connectivity index (χ2v) is 9.28. The molecule has 3 nitrogen and oxygen atoms in total. The molecule has 3 rings (SSSR count). The lowest BCUT2D eigenvalue weighted by atomic mass is 9.78. The Morgan fingerprint density at radius 2 is 1.69 bits per heavy atom. The average Bonchev–Trinajstić information content (AvgIpc) is 2.78. The molecular formula is C26H39NO2. The Bertz CT molecular complexity index is 645. The first-order chi connectivity index (χ1) is 14.2. The Morgan fingerprint density at radius 3 is 2.41 bits per heavy atom. The fourth-order valence-electron chi connectivity index (χ4n) is 5.20. The molecule has 1 amide bonds. The summed E-state index contributed by atoms with van der Waals surface area (Å²) in [5.74, 6) is 1.99. The molecule has 2 unspecified atom stereocenters. The fraction of sp³-hybridized carbons (Fsp3) is 0.692. The van der Waals surface area contributed by atoms with E-state index in [1.54, 1.807) is 0 Å². The summed E-state index contributed by atoms with van der Waals surface area (Å²) in [6.07, 6.45) is 13.6. The molecule has 29 heavy (non-hydrogen) atoms. The van der Waals surface area contributed by atoms with Crippen LogP contribution in [0.15, 0.2) is 24.3 Å². The molecule has 2 aliphatic carbocycles. The number of amides is 1. The molecular weight excluding hydrogens is 358 g/mol. The van der Waals surface area contributed by atoms with Crippen molar-refractivity contribution in [2.24, 2.45) is 11.8 Å². The molecule has 0 heterocycles. The fourth-order valence-corrected chi connectivity index (χ4v) is 5.20. The molecule has 2 saturated carbocycles. The lowest BCUT2D eigenvalue weighted by molar-refractivity contribution is -0.124. The van der Waals surface area contributed by atoms with E-state index in [1.807, 2.05) is 0 Å². The summed E-state index contributed by atoms with van der Waals surface area (Å²) in [4.78, 5) is 24.5.